The summed E-state index contributed by atoms with van der Waals surface area (Å²) in [7, 11) is 0. The van der Waals surface area contributed by atoms with Crippen LogP contribution in [0.15, 0.2) is 0 Å². The predicted molar refractivity (Wildman–Crippen MR) is 58.8 cm³/mol. The van der Waals surface area contributed by atoms with Gasteiger partial charge in [0.15, 0.2) is 0 Å². The Morgan fingerprint density at radius 1 is 0.923 bits per heavy atom. The van der Waals surface area contributed by atoms with Crippen molar-refractivity contribution in [3.8, 4) is 0 Å². The van der Waals surface area contributed by atoms with Crippen LogP contribution in [0.2, 0.25) is 0 Å². The SMILES string of the molecule is CC(C)CC(C)CCCCCCO. The molecule has 0 aliphatic rings. The van der Waals surface area contributed by atoms with Gasteiger partial charge in [-0.2, -0.15) is 0 Å². The molecule has 1 nitrogen and oxygen atoms in total. The molecule has 0 aromatic rings. The summed E-state index contributed by atoms with van der Waals surface area (Å²) in [4.78, 5) is 0. The van der Waals surface area contributed by atoms with Crippen LogP contribution in [0, 0.1) is 11.8 Å². The first-order chi connectivity index (χ1) is 6.16. The molecule has 1 unspecified atom stereocenters. The first kappa shape index (κ1) is 13.0. The third kappa shape index (κ3) is 9.88. The fraction of sp³-hybridized carbons (Fsp3) is 1.00. The quantitative estimate of drug-likeness (QED) is 0.574. The fourth-order valence-electron chi connectivity index (χ4n) is 1.88. The molecule has 1 N–H and O–H groups in total. The monoisotopic (exact) mass is 186 g/mol. The van der Waals surface area contributed by atoms with Gasteiger partial charge in [-0.05, 0) is 24.7 Å². The highest BCUT2D eigenvalue weighted by atomic mass is 16.2. The zero-order valence-electron chi connectivity index (χ0n) is 9.55. The van der Waals surface area contributed by atoms with E-state index in [9.17, 15) is 0 Å². The van der Waals surface area contributed by atoms with E-state index in [1.54, 1.807) is 0 Å². The summed E-state index contributed by atoms with van der Waals surface area (Å²) in [6, 6.07) is 0. The minimum atomic E-state index is 0.363. The van der Waals surface area contributed by atoms with Crippen LogP contribution in [0.5, 0.6) is 0 Å². The molecule has 0 aromatic heterocycles. The van der Waals surface area contributed by atoms with Gasteiger partial charge in [-0.3, -0.25) is 0 Å². The molecular formula is C12H26O. The van der Waals surface area contributed by atoms with E-state index in [1.165, 1.54) is 32.1 Å². The van der Waals surface area contributed by atoms with Gasteiger partial charge in [-0.25, -0.2) is 0 Å². The summed E-state index contributed by atoms with van der Waals surface area (Å²) in [5.41, 5.74) is 0. The molecule has 0 aromatic carbocycles. The Bertz CT molecular complexity index is 99.3. The number of unbranched alkanes of at least 4 members (excludes halogenated alkanes) is 3. The minimum absolute atomic E-state index is 0.363. The maximum Gasteiger partial charge on any atom is 0.0431 e. The molecule has 13 heavy (non-hydrogen) atoms. The van der Waals surface area contributed by atoms with Crippen LogP contribution in [-0.4, -0.2) is 11.7 Å². The fourth-order valence-corrected chi connectivity index (χ4v) is 1.88. The zero-order chi connectivity index (χ0) is 10.1. The molecule has 0 radical (unpaired) electrons. The van der Waals surface area contributed by atoms with Crippen molar-refractivity contribution >= 4 is 0 Å². The van der Waals surface area contributed by atoms with E-state index in [0.717, 1.165) is 18.3 Å². The molecule has 0 heterocycles. The molecule has 80 valence electrons. The average Bonchev–Trinajstić information content (AvgIpc) is 2.02. The molecule has 0 fully saturated rings. The van der Waals surface area contributed by atoms with E-state index in [1.807, 2.05) is 0 Å². The Labute approximate surface area is 83.5 Å². The lowest BCUT2D eigenvalue weighted by Crippen LogP contribution is -1.99. The lowest BCUT2D eigenvalue weighted by Gasteiger charge is -2.13. The van der Waals surface area contributed by atoms with Crippen LogP contribution in [0.1, 0.15) is 59.3 Å². The smallest absolute Gasteiger partial charge is 0.0431 e. The van der Waals surface area contributed by atoms with Crippen molar-refractivity contribution < 1.29 is 5.11 Å². The van der Waals surface area contributed by atoms with Crippen LogP contribution in [0.4, 0.5) is 0 Å². The van der Waals surface area contributed by atoms with E-state index in [4.69, 9.17) is 5.11 Å². The molecule has 0 amide bonds. The molecule has 0 bridgehead atoms. The number of aliphatic hydroxyl groups is 1. The number of hydrogen-bond donors (Lipinski definition) is 1. The summed E-state index contributed by atoms with van der Waals surface area (Å²) in [6.45, 7) is 7.30. The Kier molecular flexibility index (Phi) is 8.53. The summed E-state index contributed by atoms with van der Waals surface area (Å²) in [6.07, 6.45) is 7.55. The first-order valence-corrected chi connectivity index (χ1v) is 5.77. The second kappa shape index (κ2) is 8.55. The highest BCUT2D eigenvalue weighted by Crippen LogP contribution is 2.17. The molecular weight excluding hydrogens is 160 g/mol. The van der Waals surface area contributed by atoms with Crippen LogP contribution >= 0.6 is 0 Å². The predicted octanol–water partition coefficient (Wildman–Crippen LogP) is 3.61. The normalized spacial score (nSPS) is 13.6. The Morgan fingerprint density at radius 2 is 1.54 bits per heavy atom. The van der Waals surface area contributed by atoms with Gasteiger partial charge in [-0.1, -0.05) is 46.5 Å². The van der Waals surface area contributed by atoms with Gasteiger partial charge in [0.25, 0.3) is 0 Å². The van der Waals surface area contributed by atoms with Crippen LogP contribution in [-0.2, 0) is 0 Å². The topological polar surface area (TPSA) is 20.2 Å². The van der Waals surface area contributed by atoms with Crippen molar-refractivity contribution in [2.45, 2.75) is 59.3 Å². The Hall–Kier alpha value is -0.0400. The van der Waals surface area contributed by atoms with E-state index < -0.39 is 0 Å². The van der Waals surface area contributed by atoms with E-state index in [2.05, 4.69) is 20.8 Å². The van der Waals surface area contributed by atoms with E-state index >= 15 is 0 Å². The van der Waals surface area contributed by atoms with Crippen molar-refractivity contribution in [3.05, 3.63) is 0 Å². The van der Waals surface area contributed by atoms with Gasteiger partial charge >= 0.3 is 0 Å². The Morgan fingerprint density at radius 3 is 2.08 bits per heavy atom. The highest BCUT2D eigenvalue weighted by Gasteiger charge is 2.04. The number of aliphatic hydroxyl groups excluding tert-OH is 1. The standard InChI is InChI=1S/C12H26O/c1-11(2)10-12(3)8-6-4-5-7-9-13/h11-13H,4-10H2,1-3H3. The summed E-state index contributed by atoms with van der Waals surface area (Å²) < 4.78 is 0. The summed E-state index contributed by atoms with van der Waals surface area (Å²) in [5.74, 6) is 1.72. The van der Waals surface area contributed by atoms with Crippen molar-refractivity contribution in [3.63, 3.8) is 0 Å². The van der Waals surface area contributed by atoms with Crippen LogP contribution in [0.25, 0.3) is 0 Å². The van der Waals surface area contributed by atoms with Crippen molar-refractivity contribution in [2.75, 3.05) is 6.61 Å². The third-order valence-electron chi connectivity index (χ3n) is 2.48. The van der Waals surface area contributed by atoms with Gasteiger partial charge in [0.05, 0.1) is 0 Å². The third-order valence-corrected chi connectivity index (χ3v) is 2.48. The molecule has 0 spiro atoms. The molecule has 1 atom stereocenters. The van der Waals surface area contributed by atoms with Crippen molar-refractivity contribution in [2.24, 2.45) is 11.8 Å². The first-order valence-electron chi connectivity index (χ1n) is 5.77. The lowest BCUT2D eigenvalue weighted by molar-refractivity contribution is 0.281. The second-order valence-electron chi connectivity index (χ2n) is 4.66. The molecule has 0 saturated heterocycles. The van der Waals surface area contributed by atoms with Crippen molar-refractivity contribution in [1.82, 2.24) is 0 Å². The molecule has 0 rings (SSSR count). The van der Waals surface area contributed by atoms with Gasteiger partial charge in [0, 0.05) is 6.61 Å². The molecule has 0 saturated carbocycles. The molecule has 0 aliphatic carbocycles. The molecule has 1 heteroatoms. The van der Waals surface area contributed by atoms with Crippen LogP contribution < -0.4 is 0 Å². The maximum absolute atomic E-state index is 8.59. The van der Waals surface area contributed by atoms with Gasteiger partial charge in [0.1, 0.15) is 0 Å². The molecule has 0 aliphatic heterocycles. The summed E-state index contributed by atoms with van der Waals surface area (Å²) in [5, 5.41) is 8.59. The number of hydrogen-bond acceptors (Lipinski definition) is 1. The largest absolute Gasteiger partial charge is 0.396 e. The van der Waals surface area contributed by atoms with Gasteiger partial charge in [-0.15, -0.1) is 0 Å². The second-order valence-corrected chi connectivity index (χ2v) is 4.66. The zero-order valence-corrected chi connectivity index (χ0v) is 9.55. The minimum Gasteiger partial charge on any atom is -0.396 e. The van der Waals surface area contributed by atoms with Gasteiger partial charge < -0.3 is 5.11 Å². The van der Waals surface area contributed by atoms with E-state index in [-0.39, 0.29) is 0 Å². The Balaban J connectivity index is 3.12. The van der Waals surface area contributed by atoms with Gasteiger partial charge in [0.2, 0.25) is 0 Å². The average molecular weight is 186 g/mol. The number of rotatable bonds is 8. The van der Waals surface area contributed by atoms with E-state index in [0.29, 0.717) is 6.61 Å². The maximum atomic E-state index is 8.59. The highest BCUT2D eigenvalue weighted by molar-refractivity contribution is 4.56. The lowest BCUT2D eigenvalue weighted by atomic mass is 9.94. The van der Waals surface area contributed by atoms with Crippen LogP contribution in [0.3, 0.4) is 0 Å². The summed E-state index contributed by atoms with van der Waals surface area (Å²) >= 11 is 0. The van der Waals surface area contributed by atoms with Crippen molar-refractivity contribution in [1.29, 1.82) is 0 Å².